The van der Waals surface area contributed by atoms with Crippen molar-refractivity contribution in [3.05, 3.63) is 54.3 Å². The monoisotopic (exact) mass is 291 g/mol. The Labute approximate surface area is 127 Å². The van der Waals surface area contributed by atoms with Gasteiger partial charge in [0.1, 0.15) is 29.0 Å². The van der Waals surface area contributed by atoms with Crippen LogP contribution in [0.15, 0.2) is 53.1 Å². The van der Waals surface area contributed by atoms with Crippen molar-refractivity contribution in [1.29, 1.82) is 5.26 Å². The number of hydrogen-bond acceptors (Lipinski definition) is 5. The van der Waals surface area contributed by atoms with Crippen molar-refractivity contribution >= 4 is 5.82 Å². The fourth-order valence-electron chi connectivity index (χ4n) is 2.24. The van der Waals surface area contributed by atoms with Crippen LogP contribution < -0.4 is 10.5 Å². The number of aromatic nitrogens is 1. The van der Waals surface area contributed by atoms with Gasteiger partial charge in [-0.3, -0.25) is 0 Å². The van der Waals surface area contributed by atoms with Gasteiger partial charge in [0.2, 0.25) is 0 Å². The molecule has 0 aliphatic heterocycles. The van der Waals surface area contributed by atoms with E-state index in [2.05, 4.69) is 11.1 Å². The van der Waals surface area contributed by atoms with Crippen molar-refractivity contribution in [2.75, 3.05) is 12.8 Å². The van der Waals surface area contributed by atoms with E-state index in [1.165, 1.54) is 0 Å². The van der Waals surface area contributed by atoms with Crippen LogP contribution >= 0.6 is 0 Å². The molecule has 5 heteroatoms. The molecule has 3 aromatic rings. The number of hydrogen-bond donors (Lipinski definition) is 1. The molecule has 3 rings (SSSR count). The molecular weight excluding hydrogens is 278 g/mol. The van der Waals surface area contributed by atoms with E-state index in [0.717, 1.165) is 11.3 Å². The van der Waals surface area contributed by atoms with Gasteiger partial charge in [-0.1, -0.05) is 12.1 Å². The Morgan fingerprint density at radius 3 is 2.77 bits per heavy atom. The Balaban J connectivity index is 2.20. The predicted octanol–water partition coefficient (Wildman–Crippen LogP) is 3.47. The highest BCUT2D eigenvalue weighted by Crippen LogP contribution is 2.32. The summed E-state index contributed by atoms with van der Waals surface area (Å²) in [4.78, 5) is 4.32. The summed E-state index contributed by atoms with van der Waals surface area (Å²) in [6.07, 6.45) is 1.55. The first-order valence-electron chi connectivity index (χ1n) is 6.62. The molecule has 0 amide bonds. The first kappa shape index (κ1) is 13.7. The van der Waals surface area contributed by atoms with Crippen LogP contribution in [0.3, 0.4) is 0 Å². The molecule has 5 nitrogen and oxygen atoms in total. The molecule has 0 aliphatic rings. The molecule has 2 aromatic heterocycles. The number of pyridine rings is 1. The van der Waals surface area contributed by atoms with Crippen LogP contribution in [0.5, 0.6) is 5.75 Å². The summed E-state index contributed by atoms with van der Waals surface area (Å²) >= 11 is 0. The molecule has 0 fully saturated rings. The number of furan rings is 1. The second-order valence-electron chi connectivity index (χ2n) is 4.64. The van der Waals surface area contributed by atoms with Gasteiger partial charge < -0.3 is 14.9 Å². The summed E-state index contributed by atoms with van der Waals surface area (Å²) in [6, 6.07) is 14.9. The lowest BCUT2D eigenvalue weighted by atomic mass is 10.0. The van der Waals surface area contributed by atoms with Crippen LogP contribution in [0, 0.1) is 11.3 Å². The number of nitriles is 1. The molecule has 22 heavy (non-hydrogen) atoms. The lowest BCUT2D eigenvalue weighted by Crippen LogP contribution is -1.99. The van der Waals surface area contributed by atoms with E-state index >= 15 is 0 Å². The van der Waals surface area contributed by atoms with Crippen LogP contribution in [0.1, 0.15) is 5.56 Å². The summed E-state index contributed by atoms with van der Waals surface area (Å²) in [5, 5.41) is 9.31. The molecular formula is C17H13N3O2. The van der Waals surface area contributed by atoms with E-state index < -0.39 is 0 Å². The van der Waals surface area contributed by atoms with E-state index in [1.807, 2.05) is 24.3 Å². The van der Waals surface area contributed by atoms with Gasteiger partial charge in [0.05, 0.1) is 19.1 Å². The zero-order valence-corrected chi connectivity index (χ0v) is 11.9. The number of anilines is 1. The van der Waals surface area contributed by atoms with Gasteiger partial charge in [-0.15, -0.1) is 0 Å². The molecule has 0 radical (unpaired) electrons. The first-order chi connectivity index (χ1) is 10.7. The van der Waals surface area contributed by atoms with Gasteiger partial charge in [-0.05, 0) is 30.3 Å². The largest absolute Gasteiger partial charge is 0.497 e. The fourth-order valence-corrected chi connectivity index (χ4v) is 2.24. The van der Waals surface area contributed by atoms with E-state index in [-0.39, 0.29) is 5.82 Å². The minimum absolute atomic E-state index is 0.175. The number of methoxy groups -OCH3 is 1. The van der Waals surface area contributed by atoms with E-state index in [1.54, 1.807) is 31.6 Å². The Morgan fingerprint density at radius 1 is 1.23 bits per heavy atom. The maximum atomic E-state index is 9.31. The highest BCUT2D eigenvalue weighted by Gasteiger charge is 2.15. The molecule has 1 aromatic carbocycles. The number of rotatable bonds is 3. The summed E-state index contributed by atoms with van der Waals surface area (Å²) < 4.78 is 10.6. The minimum Gasteiger partial charge on any atom is -0.497 e. The molecule has 0 saturated heterocycles. The van der Waals surface area contributed by atoms with E-state index in [9.17, 15) is 5.26 Å². The van der Waals surface area contributed by atoms with Crippen molar-refractivity contribution in [3.63, 3.8) is 0 Å². The van der Waals surface area contributed by atoms with Gasteiger partial charge in [-0.2, -0.15) is 5.26 Å². The molecule has 0 spiro atoms. The smallest absolute Gasteiger partial charge is 0.142 e. The van der Waals surface area contributed by atoms with Crippen LogP contribution in [0.25, 0.3) is 22.6 Å². The van der Waals surface area contributed by atoms with E-state index in [0.29, 0.717) is 22.6 Å². The molecule has 108 valence electrons. The molecule has 0 bridgehead atoms. The third-order valence-corrected chi connectivity index (χ3v) is 3.31. The maximum Gasteiger partial charge on any atom is 0.142 e. The second-order valence-corrected chi connectivity index (χ2v) is 4.64. The molecule has 0 aliphatic carbocycles. The summed E-state index contributed by atoms with van der Waals surface area (Å²) in [7, 11) is 1.61. The lowest BCUT2D eigenvalue weighted by Gasteiger charge is -2.09. The average Bonchev–Trinajstić information content (AvgIpc) is 3.08. The Kier molecular flexibility index (Phi) is 3.50. The fraction of sp³-hybridized carbons (Fsp3) is 0.0588. The summed E-state index contributed by atoms with van der Waals surface area (Å²) in [5.74, 6) is 1.48. The van der Waals surface area contributed by atoms with Crippen molar-refractivity contribution in [3.8, 4) is 34.4 Å². The predicted molar refractivity (Wildman–Crippen MR) is 83.1 cm³/mol. The normalized spacial score (nSPS) is 10.2. The average molecular weight is 291 g/mol. The quantitative estimate of drug-likeness (QED) is 0.798. The number of benzene rings is 1. The third kappa shape index (κ3) is 2.38. The highest BCUT2D eigenvalue weighted by atomic mass is 16.5. The molecule has 2 heterocycles. The second kappa shape index (κ2) is 5.62. The van der Waals surface area contributed by atoms with Crippen molar-refractivity contribution in [1.82, 2.24) is 4.98 Å². The summed E-state index contributed by atoms with van der Waals surface area (Å²) in [5.41, 5.74) is 8.37. The SMILES string of the molecule is COc1cccc(-c2cc(-c3ccco3)c(C#N)c(N)n2)c1. The van der Waals surface area contributed by atoms with Gasteiger partial charge in [0.15, 0.2) is 0 Å². The van der Waals surface area contributed by atoms with Crippen LogP contribution in [-0.2, 0) is 0 Å². The number of nitrogens with two attached hydrogens (primary N) is 1. The molecule has 2 N–H and O–H groups in total. The summed E-state index contributed by atoms with van der Waals surface area (Å²) in [6.45, 7) is 0. The van der Waals surface area contributed by atoms with Crippen molar-refractivity contribution in [2.45, 2.75) is 0 Å². The Bertz CT molecular complexity index is 849. The van der Waals surface area contributed by atoms with Gasteiger partial charge in [-0.25, -0.2) is 4.98 Å². The maximum absolute atomic E-state index is 9.31. The lowest BCUT2D eigenvalue weighted by molar-refractivity contribution is 0.415. The highest BCUT2D eigenvalue weighted by molar-refractivity contribution is 5.78. The molecule has 0 atom stereocenters. The number of nitrogens with zero attached hydrogens (tertiary/aromatic N) is 2. The number of ether oxygens (including phenoxy) is 1. The Hall–Kier alpha value is -3.26. The zero-order valence-electron chi connectivity index (χ0n) is 11.9. The van der Waals surface area contributed by atoms with Crippen LogP contribution in [0.2, 0.25) is 0 Å². The van der Waals surface area contributed by atoms with E-state index in [4.69, 9.17) is 14.9 Å². The standard InChI is InChI=1S/C17H13N3O2/c1-21-12-5-2-4-11(8-12)15-9-13(16-6-3-7-22-16)14(10-18)17(19)20-15/h2-9H,1H3,(H2,19,20). The van der Waals surface area contributed by atoms with Gasteiger partial charge in [0.25, 0.3) is 0 Å². The van der Waals surface area contributed by atoms with Crippen LogP contribution in [-0.4, -0.2) is 12.1 Å². The zero-order chi connectivity index (χ0) is 15.5. The van der Waals surface area contributed by atoms with Crippen molar-refractivity contribution in [2.24, 2.45) is 0 Å². The van der Waals surface area contributed by atoms with Crippen molar-refractivity contribution < 1.29 is 9.15 Å². The van der Waals surface area contributed by atoms with Gasteiger partial charge >= 0.3 is 0 Å². The third-order valence-electron chi connectivity index (χ3n) is 3.31. The number of nitrogen functional groups attached to an aromatic ring is 1. The van der Waals surface area contributed by atoms with Crippen LogP contribution in [0.4, 0.5) is 5.82 Å². The minimum atomic E-state index is 0.175. The first-order valence-corrected chi connectivity index (χ1v) is 6.62. The molecule has 0 unspecified atom stereocenters. The Morgan fingerprint density at radius 2 is 2.09 bits per heavy atom. The van der Waals surface area contributed by atoms with Gasteiger partial charge in [0, 0.05) is 11.1 Å². The molecule has 0 saturated carbocycles. The topological polar surface area (TPSA) is 85.1 Å².